The third-order valence-electron chi connectivity index (χ3n) is 7.47. The number of allylic oxidation sites excluding steroid dienone is 4. The molecule has 156 valence electrons. The second-order valence-corrected chi connectivity index (χ2v) is 9.39. The van der Waals surface area contributed by atoms with Crippen molar-refractivity contribution in [3.05, 3.63) is 80.1 Å². The van der Waals surface area contributed by atoms with Crippen LogP contribution < -0.4 is 4.90 Å². The van der Waals surface area contributed by atoms with Gasteiger partial charge in [-0.3, -0.25) is 0 Å². The zero-order chi connectivity index (χ0) is 21.9. The van der Waals surface area contributed by atoms with Crippen molar-refractivity contribution in [1.29, 1.82) is 0 Å². The summed E-state index contributed by atoms with van der Waals surface area (Å²) in [6.07, 6.45) is 6.78. The molecular weight excluding hydrogens is 364 g/mol. The maximum Gasteiger partial charge on any atom is 0.212 e. The molecule has 2 aliphatic heterocycles. The van der Waals surface area contributed by atoms with Gasteiger partial charge in [-0.2, -0.15) is 4.58 Å². The van der Waals surface area contributed by atoms with Crippen molar-refractivity contribution in [2.45, 2.75) is 61.3 Å². The fourth-order valence-corrected chi connectivity index (χ4v) is 5.29. The zero-order valence-corrected chi connectivity index (χ0v) is 20.1. The molecule has 30 heavy (non-hydrogen) atoms. The first kappa shape index (κ1) is 20.7. The van der Waals surface area contributed by atoms with Gasteiger partial charge in [0.05, 0.1) is 6.42 Å². The highest BCUT2D eigenvalue weighted by atomic mass is 15.1. The summed E-state index contributed by atoms with van der Waals surface area (Å²) >= 11 is 0. The molecule has 0 amide bonds. The fraction of sp³-hybridized carbons (Fsp3) is 0.393. The summed E-state index contributed by atoms with van der Waals surface area (Å²) in [7, 11) is 4.43. The van der Waals surface area contributed by atoms with E-state index in [1.165, 1.54) is 72.9 Å². The van der Waals surface area contributed by atoms with Gasteiger partial charge < -0.3 is 4.90 Å². The SMILES string of the molecule is CC(=CC1=[N+](C)c2c(cc(C)c(C)c2C)C1)C=C1Cc2cc(C)c(C)c(C)c2N1C. The number of anilines is 1. The molecule has 0 spiro atoms. The van der Waals surface area contributed by atoms with Crippen LogP contribution in [0.15, 0.2) is 35.6 Å². The first-order valence-electron chi connectivity index (χ1n) is 11.0. The van der Waals surface area contributed by atoms with Crippen LogP contribution in [0, 0.1) is 41.5 Å². The monoisotopic (exact) mass is 399 g/mol. The molecule has 4 rings (SSSR count). The summed E-state index contributed by atoms with van der Waals surface area (Å²) in [6.45, 7) is 15.7. The molecule has 2 heterocycles. The summed E-state index contributed by atoms with van der Waals surface area (Å²) in [5.41, 5.74) is 18.2. The average Bonchev–Trinajstić information content (AvgIpc) is 3.14. The van der Waals surface area contributed by atoms with Crippen molar-refractivity contribution < 1.29 is 4.58 Å². The first-order chi connectivity index (χ1) is 14.1. The molecule has 0 saturated heterocycles. The van der Waals surface area contributed by atoms with E-state index in [-0.39, 0.29) is 0 Å². The Hall–Kier alpha value is -2.61. The van der Waals surface area contributed by atoms with E-state index in [4.69, 9.17) is 0 Å². The third kappa shape index (κ3) is 3.14. The molecule has 2 heteroatoms. The Kier molecular flexibility index (Phi) is 5.00. The van der Waals surface area contributed by atoms with E-state index < -0.39 is 0 Å². The van der Waals surface area contributed by atoms with Crippen molar-refractivity contribution in [2.75, 3.05) is 19.0 Å². The van der Waals surface area contributed by atoms with Crippen LogP contribution in [0.5, 0.6) is 0 Å². The summed E-state index contributed by atoms with van der Waals surface area (Å²) in [6, 6.07) is 4.75. The highest BCUT2D eigenvalue weighted by Crippen LogP contribution is 2.39. The van der Waals surface area contributed by atoms with Crippen molar-refractivity contribution in [3.63, 3.8) is 0 Å². The number of aryl methyl sites for hydroxylation is 2. The number of fused-ring (bicyclic) bond motifs is 2. The first-order valence-corrected chi connectivity index (χ1v) is 11.0. The molecule has 2 aliphatic rings. The Morgan fingerprint density at radius 3 is 2.13 bits per heavy atom. The van der Waals surface area contributed by atoms with Crippen molar-refractivity contribution in [1.82, 2.24) is 0 Å². The Labute approximate surface area is 182 Å². The smallest absolute Gasteiger partial charge is 0.212 e. The lowest BCUT2D eigenvalue weighted by atomic mass is 9.97. The lowest BCUT2D eigenvalue weighted by Gasteiger charge is -2.19. The summed E-state index contributed by atoms with van der Waals surface area (Å²) in [4.78, 5) is 2.39. The predicted octanol–water partition coefficient (Wildman–Crippen LogP) is 6.33. The third-order valence-corrected chi connectivity index (χ3v) is 7.47. The van der Waals surface area contributed by atoms with Crippen LogP contribution in [0.1, 0.15) is 51.4 Å². The topological polar surface area (TPSA) is 6.25 Å². The zero-order valence-electron chi connectivity index (χ0n) is 20.1. The Morgan fingerprint density at radius 2 is 1.47 bits per heavy atom. The number of rotatable bonds is 2. The van der Waals surface area contributed by atoms with E-state index in [1.54, 1.807) is 0 Å². The average molecular weight is 400 g/mol. The van der Waals surface area contributed by atoms with Gasteiger partial charge in [-0.25, -0.2) is 0 Å². The maximum atomic E-state index is 2.39. The van der Waals surface area contributed by atoms with E-state index in [1.807, 2.05) is 0 Å². The summed E-state index contributed by atoms with van der Waals surface area (Å²) < 4.78 is 2.39. The van der Waals surface area contributed by atoms with Crippen molar-refractivity contribution in [2.24, 2.45) is 0 Å². The predicted molar refractivity (Wildman–Crippen MR) is 130 cm³/mol. The van der Waals surface area contributed by atoms with Crippen LogP contribution in [0.3, 0.4) is 0 Å². The maximum absolute atomic E-state index is 2.39. The summed E-state index contributed by atoms with van der Waals surface area (Å²) in [5, 5.41) is 0. The minimum Gasteiger partial charge on any atom is -0.347 e. The van der Waals surface area contributed by atoms with Gasteiger partial charge in [-0.05, 0) is 99.6 Å². The van der Waals surface area contributed by atoms with E-state index >= 15 is 0 Å². The van der Waals surface area contributed by atoms with E-state index in [9.17, 15) is 0 Å². The van der Waals surface area contributed by atoms with Gasteiger partial charge >= 0.3 is 0 Å². The molecule has 0 radical (unpaired) electrons. The fourth-order valence-electron chi connectivity index (χ4n) is 5.29. The van der Waals surface area contributed by atoms with Crippen LogP contribution in [0.2, 0.25) is 0 Å². The lowest BCUT2D eigenvalue weighted by Crippen LogP contribution is -2.13. The Morgan fingerprint density at radius 1 is 0.867 bits per heavy atom. The van der Waals surface area contributed by atoms with Crippen molar-refractivity contribution in [3.8, 4) is 0 Å². The quantitative estimate of drug-likeness (QED) is 0.535. The molecule has 2 aromatic rings. The van der Waals surface area contributed by atoms with E-state index in [0.717, 1.165) is 12.8 Å². The molecule has 2 aromatic carbocycles. The summed E-state index contributed by atoms with van der Waals surface area (Å²) in [5.74, 6) is 0. The minimum atomic E-state index is 1.02. The van der Waals surface area contributed by atoms with Gasteiger partial charge in [0.25, 0.3) is 0 Å². The van der Waals surface area contributed by atoms with Crippen LogP contribution in [0.4, 0.5) is 11.4 Å². The van der Waals surface area contributed by atoms with Gasteiger partial charge in [-0.1, -0.05) is 6.07 Å². The van der Waals surface area contributed by atoms with Gasteiger partial charge in [0, 0.05) is 42.1 Å². The molecule has 0 bridgehead atoms. The van der Waals surface area contributed by atoms with E-state index in [0.29, 0.717) is 0 Å². The van der Waals surface area contributed by atoms with Crippen LogP contribution in [-0.4, -0.2) is 24.4 Å². The number of nitrogens with zero attached hydrogens (tertiary/aromatic N) is 2. The largest absolute Gasteiger partial charge is 0.347 e. The Bertz CT molecular complexity index is 1170. The van der Waals surface area contributed by atoms with Gasteiger partial charge in [0.1, 0.15) is 7.05 Å². The number of likely N-dealkylation sites (N-methyl/N-ethyl adjacent to an activating group) is 1. The second-order valence-electron chi connectivity index (χ2n) is 9.39. The van der Waals surface area contributed by atoms with Gasteiger partial charge in [0.15, 0.2) is 5.71 Å². The van der Waals surface area contributed by atoms with Crippen LogP contribution >= 0.6 is 0 Å². The molecule has 0 aromatic heterocycles. The molecule has 0 atom stereocenters. The van der Waals surface area contributed by atoms with E-state index in [2.05, 4.69) is 96.3 Å². The van der Waals surface area contributed by atoms with Gasteiger partial charge in [-0.15, -0.1) is 0 Å². The van der Waals surface area contributed by atoms with Crippen LogP contribution in [-0.2, 0) is 12.8 Å². The molecule has 0 saturated carbocycles. The lowest BCUT2D eigenvalue weighted by molar-refractivity contribution is -0.401. The molecule has 0 N–H and O–H groups in total. The highest BCUT2D eigenvalue weighted by molar-refractivity contribution is 5.97. The number of hydrogen-bond acceptors (Lipinski definition) is 1. The number of hydrogen-bond donors (Lipinski definition) is 0. The Balaban J connectivity index is 1.67. The molecule has 0 fully saturated rings. The molecular formula is C28H35N2+. The highest BCUT2D eigenvalue weighted by Gasteiger charge is 2.29. The van der Waals surface area contributed by atoms with Gasteiger partial charge in [0.2, 0.25) is 5.69 Å². The molecule has 2 nitrogen and oxygen atoms in total. The molecule has 0 aliphatic carbocycles. The second kappa shape index (κ2) is 7.27. The van der Waals surface area contributed by atoms with Crippen molar-refractivity contribution >= 4 is 17.1 Å². The minimum absolute atomic E-state index is 1.02. The number of benzene rings is 2. The normalized spacial score (nSPS) is 17.3. The standard InChI is InChI=1S/C28H35N2/c1-16(10-25-14-23-12-17(2)19(4)21(6)27(23)29(25)8)11-26-15-24-13-18(3)20(5)22(7)28(24)30(26)9/h10-13H,14-15H2,1-9H3/q+1. The van der Waals surface area contributed by atoms with Crippen LogP contribution in [0.25, 0.3) is 0 Å². The molecule has 0 unspecified atom stereocenters.